The highest BCUT2D eigenvalue weighted by Gasteiger charge is 2.17. The van der Waals surface area contributed by atoms with Gasteiger partial charge in [-0.3, -0.25) is 4.98 Å². The number of hydrogen-bond donors (Lipinski definition) is 0. The summed E-state index contributed by atoms with van der Waals surface area (Å²) in [5, 5.41) is 0. The van der Waals surface area contributed by atoms with Crippen molar-refractivity contribution in [3.63, 3.8) is 0 Å². The van der Waals surface area contributed by atoms with Crippen molar-refractivity contribution in [3.8, 4) is 67.0 Å². The van der Waals surface area contributed by atoms with E-state index >= 15 is 0 Å². The van der Waals surface area contributed by atoms with Crippen LogP contribution in [0.15, 0.2) is 230 Å². The minimum Gasteiger partial charge on any atom is -0.256 e. The number of aliphatic imine (C=N–C) groups is 1. The van der Waals surface area contributed by atoms with E-state index in [2.05, 4.69) is 200 Å². The van der Waals surface area contributed by atoms with Crippen molar-refractivity contribution >= 4 is 11.4 Å². The molecule has 0 aliphatic rings. The van der Waals surface area contributed by atoms with Crippen molar-refractivity contribution in [1.82, 2.24) is 9.97 Å². The molecule has 0 saturated carbocycles. The molecule has 0 aliphatic carbocycles. The second-order valence-corrected chi connectivity index (χ2v) is 13.7. The minimum absolute atomic E-state index is 0.757. The molecule has 56 heavy (non-hydrogen) atoms. The van der Waals surface area contributed by atoms with Crippen LogP contribution in [0, 0.1) is 0 Å². The SMILES string of the molecule is c1ccc(/C(=N\c2cccc(-c3ccccc3)c2)c2cc(-c3cc(-c4ccccc4)ccn3)cc(-c3cc(-c4ccccc4)cc(-c4ccccc4)c3)n2)cc1. The molecule has 0 saturated heterocycles. The van der Waals surface area contributed by atoms with E-state index in [0.29, 0.717) is 0 Å². The van der Waals surface area contributed by atoms with Gasteiger partial charge < -0.3 is 0 Å². The Morgan fingerprint density at radius 2 is 0.768 bits per heavy atom. The summed E-state index contributed by atoms with van der Waals surface area (Å²) < 4.78 is 0. The van der Waals surface area contributed by atoms with Gasteiger partial charge in [0.05, 0.1) is 28.5 Å². The van der Waals surface area contributed by atoms with Gasteiger partial charge in [0.15, 0.2) is 0 Å². The van der Waals surface area contributed by atoms with Crippen LogP contribution in [-0.2, 0) is 0 Å². The van der Waals surface area contributed by atoms with E-state index in [4.69, 9.17) is 15.0 Å². The fraction of sp³-hybridized carbons (Fsp3) is 0. The maximum atomic E-state index is 5.47. The van der Waals surface area contributed by atoms with Crippen LogP contribution in [0.2, 0.25) is 0 Å². The average molecular weight is 716 g/mol. The fourth-order valence-corrected chi connectivity index (χ4v) is 7.10. The van der Waals surface area contributed by atoms with Gasteiger partial charge in [-0.1, -0.05) is 164 Å². The summed E-state index contributed by atoms with van der Waals surface area (Å²) in [5.74, 6) is 0. The van der Waals surface area contributed by atoms with Gasteiger partial charge in [-0.2, -0.15) is 0 Å². The molecule has 3 heteroatoms. The molecule has 2 aromatic heterocycles. The third kappa shape index (κ3) is 7.61. The van der Waals surface area contributed by atoms with Gasteiger partial charge in [-0.05, 0) is 99.1 Å². The molecule has 264 valence electrons. The van der Waals surface area contributed by atoms with Crippen molar-refractivity contribution in [3.05, 3.63) is 236 Å². The Bertz CT molecular complexity index is 2700. The van der Waals surface area contributed by atoms with Crippen molar-refractivity contribution in [2.75, 3.05) is 0 Å². The molecule has 7 aromatic carbocycles. The highest BCUT2D eigenvalue weighted by molar-refractivity contribution is 6.13. The molecule has 0 radical (unpaired) electrons. The summed E-state index contributed by atoms with van der Waals surface area (Å²) in [5.41, 5.74) is 16.0. The first kappa shape index (κ1) is 34.3. The second-order valence-electron chi connectivity index (χ2n) is 13.7. The van der Waals surface area contributed by atoms with Gasteiger partial charge in [-0.25, -0.2) is 9.98 Å². The standard InChI is InChI=1S/C53H37N3/c1-6-17-38(18-7-1)43-27-16-28-49(34-43)55-53(42-25-14-5-15-26-42)52-37-48(50-35-44(29-30-54-50)39-19-8-2-9-20-39)36-51(56-52)47-32-45(40-21-10-3-11-22-40)31-46(33-47)41-23-12-4-13-24-41/h1-37H/b55-53+. The lowest BCUT2D eigenvalue weighted by Gasteiger charge is -2.15. The van der Waals surface area contributed by atoms with Gasteiger partial charge in [0.2, 0.25) is 0 Å². The van der Waals surface area contributed by atoms with Gasteiger partial charge in [0.1, 0.15) is 0 Å². The van der Waals surface area contributed by atoms with Crippen molar-refractivity contribution < 1.29 is 0 Å². The van der Waals surface area contributed by atoms with E-state index in [9.17, 15) is 0 Å². The van der Waals surface area contributed by atoms with E-state index in [1.165, 1.54) is 0 Å². The molecular weight excluding hydrogens is 679 g/mol. The quantitative estimate of drug-likeness (QED) is 0.140. The molecular formula is C53H37N3. The van der Waals surface area contributed by atoms with Gasteiger partial charge >= 0.3 is 0 Å². The van der Waals surface area contributed by atoms with Crippen molar-refractivity contribution in [2.24, 2.45) is 4.99 Å². The Morgan fingerprint density at radius 1 is 0.321 bits per heavy atom. The van der Waals surface area contributed by atoms with Crippen LogP contribution >= 0.6 is 0 Å². The molecule has 2 heterocycles. The summed E-state index contributed by atoms with van der Waals surface area (Å²) in [6, 6.07) is 76.0. The van der Waals surface area contributed by atoms with Crippen LogP contribution in [0.3, 0.4) is 0 Å². The first-order valence-corrected chi connectivity index (χ1v) is 18.8. The van der Waals surface area contributed by atoms with E-state index < -0.39 is 0 Å². The second kappa shape index (κ2) is 15.9. The maximum absolute atomic E-state index is 5.47. The Morgan fingerprint density at radius 3 is 1.34 bits per heavy atom. The van der Waals surface area contributed by atoms with Crippen LogP contribution in [0.1, 0.15) is 11.3 Å². The molecule has 0 fully saturated rings. The number of hydrogen-bond acceptors (Lipinski definition) is 3. The molecule has 0 spiro atoms. The van der Waals surface area contributed by atoms with E-state index in [1.807, 2.05) is 24.4 Å². The fourth-order valence-electron chi connectivity index (χ4n) is 7.10. The normalized spacial score (nSPS) is 11.3. The summed E-state index contributed by atoms with van der Waals surface area (Å²) >= 11 is 0. The first-order valence-electron chi connectivity index (χ1n) is 18.8. The highest BCUT2D eigenvalue weighted by Crippen LogP contribution is 2.35. The first-order chi connectivity index (χ1) is 27.7. The van der Waals surface area contributed by atoms with E-state index in [1.54, 1.807) is 0 Å². The van der Waals surface area contributed by atoms with Crippen LogP contribution < -0.4 is 0 Å². The topological polar surface area (TPSA) is 38.1 Å². The number of aromatic nitrogens is 2. The monoisotopic (exact) mass is 715 g/mol. The predicted octanol–water partition coefficient (Wildman–Crippen LogP) is 13.6. The molecule has 0 unspecified atom stereocenters. The summed E-state index contributed by atoms with van der Waals surface area (Å²) in [7, 11) is 0. The maximum Gasteiger partial charge on any atom is 0.0966 e. The zero-order valence-corrected chi connectivity index (χ0v) is 30.7. The zero-order valence-electron chi connectivity index (χ0n) is 30.7. The van der Waals surface area contributed by atoms with Crippen LogP contribution in [0.5, 0.6) is 0 Å². The lowest BCUT2D eigenvalue weighted by atomic mass is 9.93. The third-order valence-electron chi connectivity index (χ3n) is 9.92. The molecule has 9 rings (SSSR count). The molecule has 0 amide bonds. The largest absolute Gasteiger partial charge is 0.256 e. The van der Waals surface area contributed by atoms with Gasteiger partial charge in [-0.15, -0.1) is 0 Å². The van der Waals surface area contributed by atoms with Crippen molar-refractivity contribution in [1.29, 1.82) is 0 Å². The molecule has 3 nitrogen and oxygen atoms in total. The smallest absolute Gasteiger partial charge is 0.0966 e. The Balaban J connectivity index is 1.28. The summed E-state index contributed by atoms with van der Waals surface area (Å²) in [4.78, 5) is 15.8. The Labute approximate surface area is 328 Å². The van der Waals surface area contributed by atoms with Crippen LogP contribution in [0.25, 0.3) is 67.0 Å². The van der Waals surface area contributed by atoms with Gasteiger partial charge in [0.25, 0.3) is 0 Å². The van der Waals surface area contributed by atoms with Crippen LogP contribution in [-0.4, -0.2) is 15.7 Å². The molecule has 9 aromatic rings. The lowest BCUT2D eigenvalue weighted by molar-refractivity contribution is 1.26. The Hall–Kier alpha value is -7.49. The predicted molar refractivity (Wildman–Crippen MR) is 233 cm³/mol. The zero-order chi connectivity index (χ0) is 37.5. The molecule has 0 aliphatic heterocycles. The number of benzene rings is 7. The number of pyridine rings is 2. The molecule has 0 atom stereocenters. The van der Waals surface area contributed by atoms with E-state index in [-0.39, 0.29) is 0 Å². The number of nitrogens with zero attached hydrogens (tertiary/aromatic N) is 3. The summed E-state index contributed by atoms with van der Waals surface area (Å²) in [6.07, 6.45) is 1.89. The van der Waals surface area contributed by atoms with E-state index in [0.717, 1.165) is 89.7 Å². The third-order valence-corrected chi connectivity index (χ3v) is 9.92. The van der Waals surface area contributed by atoms with Gasteiger partial charge in [0, 0.05) is 22.9 Å². The molecule has 0 N–H and O–H groups in total. The summed E-state index contributed by atoms with van der Waals surface area (Å²) in [6.45, 7) is 0. The average Bonchev–Trinajstić information content (AvgIpc) is 3.29. The number of rotatable bonds is 9. The highest BCUT2D eigenvalue weighted by atomic mass is 14.8. The lowest BCUT2D eigenvalue weighted by Crippen LogP contribution is -2.07. The Kier molecular flexibility index (Phi) is 9.71. The van der Waals surface area contributed by atoms with Crippen molar-refractivity contribution in [2.45, 2.75) is 0 Å². The van der Waals surface area contributed by atoms with Crippen LogP contribution in [0.4, 0.5) is 5.69 Å². The molecule has 0 bridgehead atoms. The minimum atomic E-state index is 0.757.